The number of allylic oxidation sites excluding steroid dienone is 2. The molecule has 0 aromatic rings. The van der Waals surface area contributed by atoms with Crippen LogP contribution in [0.2, 0.25) is 5.82 Å². The molecule has 0 spiro atoms. The van der Waals surface area contributed by atoms with Gasteiger partial charge in [-0.3, -0.25) is 0 Å². The summed E-state index contributed by atoms with van der Waals surface area (Å²) in [6.45, 7) is 14.8. The molecule has 92 valence electrons. The zero-order valence-corrected chi connectivity index (χ0v) is 11.7. The van der Waals surface area contributed by atoms with Crippen molar-refractivity contribution in [3.63, 3.8) is 0 Å². The van der Waals surface area contributed by atoms with Crippen LogP contribution in [0.3, 0.4) is 0 Å². The van der Waals surface area contributed by atoms with Gasteiger partial charge in [0.2, 0.25) is 0 Å². The summed E-state index contributed by atoms with van der Waals surface area (Å²) in [6.07, 6.45) is 4.27. The van der Waals surface area contributed by atoms with E-state index in [9.17, 15) is 0 Å². The Morgan fingerprint density at radius 2 is 1.44 bits per heavy atom. The molecule has 1 aliphatic rings. The van der Waals surface area contributed by atoms with Crippen molar-refractivity contribution in [3.8, 4) is 0 Å². The highest BCUT2D eigenvalue weighted by Gasteiger charge is 2.53. The van der Waals surface area contributed by atoms with Crippen LogP contribution < -0.4 is 0 Å². The third-order valence-electron chi connectivity index (χ3n) is 3.77. The lowest BCUT2D eigenvalue weighted by Crippen LogP contribution is -2.41. The Hall–Kier alpha value is -0.275. The zero-order chi connectivity index (χ0) is 12.6. The first kappa shape index (κ1) is 13.8. The van der Waals surface area contributed by atoms with Crippen molar-refractivity contribution in [1.82, 2.24) is 0 Å². The molecule has 0 aromatic carbocycles. The van der Waals surface area contributed by atoms with Crippen LogP contribution >= 0.6 is 0 Å². The van der Waals surface area contributed by atoms with Crippen LogP contribution in [-0.2, 0) is 9.31 Å². The van der Waals surface area contributed by atoms with Gasteiger partial charge in [-0.05, 0) is 40.5 Å². The Morgan fingerprint density at radius 3 is 1.75 bits per heavy atom. The van der Waals surface area contributed by atoms with Gasteiger partial charge < -0.3 is 9.31 Å². The number of rotatable bonds is 3. The maximum atomic E-state index is 6.07. The standard InChI is InChI=1S/C13H25BO2/c1-8-9-11(10(2)3)14-15-12(4,5)13(6,7)16-14/h8-11H,1-7H3/b9-8-. The van der Waals surface area contributed by atoms with E-state index in [0.29, 0.717) is 11.7 Å². The fraction of sp³-hybridized carbons (Fsp3) is 0.846. The highest BCUT2D eigenvalue weighted by molar-refractivity contribution is 6.48. The first-order valence-electron chi connectivity index (χ1n) is 6.20. The van der Waals surface area contributed by atoms with Gasteiger partial charge in [-0.1, -0.05) is 26.0 Å². The second-order valence-corrected chi connectivity index (χ2v) is 5.97. The topological polar surface area (TPSA) is 18.5 Å². The van der Waals surface area contributed by atoms with Crippen LogP contribution in [0.1, 0.15) is 48.5 Å². The fourth-order valence-corrected chi connectivity index (χ4v) is 1.90. The molecule has 1 heterocycles. The quantitative estimate of drug-likeness (QED) is 0.537. The second kappa shape index (κ2) is 4.54. The molecule has 1 atom stereocenters. The molecule has 0 bridgehead atoms. The summed E-state index contributed by atoms with van der Waals surface area (Å²) in [5.41, 5.74) is -0.460. The van der Waals surface area contributed by atoms with Crippen molar-refractivity contribution in [2.45, 2.75) is 65.5 Å². The van der Waals surface area contributed by atoms with Crippen LogP contribution in [0.25, 0.3) is 0 Å². The summed E-state index contributed by atoms with van der Waals surface area (Å²) in [6, 6.07) is 0. The van der Waals surface area contributed by atoms with E-state index in [1.807, 2.05) is 6.92 Å². The molecule has 16 heavy (non-hydrogen) atoms. The minimum Gasteiger partial charge on any atom is -0.403 e. The summed E-state index contributed by atoms with van der Waals surface area (Å²) >= 11 is 0. The Morgan fingerprint density at radius 1 is 1.00 bits per heavy atom. The molecule has 1 fully saturated rings. The normalized spacial score (nSPS) is 25.6. The van der Waals surface area contributed by atoms with E-state index in [0.717, 1.165) is 0 Å². The highest BCUT2D eigenvalue weighted by Crippen LogP contribution is 2.42. The largest absolute Gasteiger partial charge is 0.465 e. The third kappa shape index (κ3) is 2.52. The van der Waals surface area contributed by atoms with Crippen LogP contribution in [-0.4, -0.2) is 18.3 Å². The molecule has 0 saturated carbocycles. The maximum Gasteiger partial charge on any atom is 0.465 e. The first-order chi connectivity index (χ1) is 7.21. The molecule has 1 unspecified atom stereocenters. The monoisotopic (exact) mass is 224 g/mol. The summed E-state index contributed by atoms with van der Waals surface area (Å²) in [7, 11) is -0.124. The lowest BCUT2D eigenvalue weighted by atomic mass is 9.66. The number of hydrogen-bond donors (Lipinski definition) is 0. The van der Waals surface area contributed by atoms with Crippen LogP contribution in [0.15, 0.2) is 12.2 Å². The predicted octanol–water partition coefficient (Wildman–Crippen LogP) is 3.68. The molecule has 0 N–H and O–H groups in total. The van der Waals surface area contributed by atoms with Gasteiger partial charge in [0.25, 0.3) is 0 Å². The van der Waals surface area contributed by atoms with E-state index in [-0.39, 0.29) is 18.3 Å². The van der Waals surface area contributed by atoms with Gasteiger partial charge in [0.15, 0.2) is 0 Å². The smallest absolute Gasteiger partial charge is 0.403 e. The summed E-state index contributed by atoms with van der Waals surface area (Å²) in [5, 5.41) is 0. The number of hydrogen-bond acceptors (Lipinski definition) is 2. The van der Waals surface area contributed by atoms with Crippen molar-refractivity contribution < 1.29 is 9.31 Å². The van der Waals surface area contributed by atoms with Gasteiger partial charge >= 0.3 is 7.12 Å². The molecule has 0 radical (unpaired) electrons. The molecule has 3 heteroatoms. The van der Waals surface area contributed by atoms with E-state index < -0.39 is 0 Å². The van der Waals surface area contributed by atoms with E-state index in [2.05, 4.69) is 53.7 Å². The van der Waals surface area contributed by atoms with Crippen molar-refractivity contribution in [2.75, 3.05) is 0 Å². The summed E-state index contributed by atoms with van der Waals surface area (Å²) in [5.74, 6) is 0.844. The second-order valence-electron chi connectivity index (χ2n) is 5.97. The molecule has 1 saturated heterocycles. The summed E-state index contributed by atoms with van der Waals surface area (Å²) < 4.78 is 12.1. The predicted molar refractivity (Wildman–Crippen MR) is 69.5 cm³/mol. The molecule has 2 nitrogen and oxygen atoms in total. The minimum atomic E-state index is -0.230. The van der Waals surface area contributed by atoms with Gasteiger partial charge in [-0.2, -0.15) is 0 Å². The lowest BCUT2D eigenvalue weighted by molar-refractivity contribution is 0.00578. The van der Waals surface area contributed by atoms with Gasteiger partial charge in [0, 0.05) is 5.82 Å². The Balaban J connectivity index is 2.85. The lowest BCUT2D eigenvalue weighted by Gasteiger charge is -2.32. The molecule has 0 aliphatic carbocycles. The first-order valence-corrected chi connectivity index (χ1v) is 6.20. The molecule has 0 amide bonds. The average molecular weight is 224 g/mol. The maximum absolute atomic E-state index is 6.07. The Labute approximate surface area is 101 Å². The Bertz CT molecular complexity index is 253. The highest BCUT2D eigenvalue weighted by atomic mass is 16.7. The van der Waals surface area contributed by atoms with Gasteiger partial charge in [0.1, 0.15) is 0 Å². The van der Waals surface area contributed by atoms with E-state index in [4.69, 9.17) is 9.31 Å². The SMILES string of the molecule is C/C=C\C(B1OC(C)(C)C(C)(C)O1)C(C)C. The van der Waals surface area contributed by atoms with Crippen LogP contribution in [0.4, 0.5) is 0 Å². The molecule has 1 aliphatic heterocycles. The van der Waals surface area contributed by atoms with Crippen molar-refractivity contribution in [1.29, 1.82) is 0 Å². The van der Waals surface area contributed by atoms with Crippen molar-refractivity contribution in [2.24, 2.45) is 5.92 Å². The fourth-order valence-electron chi connectivity index (χ4n) is 1.90. The summed E-state index contributed by atoms with van der Waals surface area (Å²) in [4.78, 5) is 0. The molecule has 0 aromatic heterocycles. The van der Waals surface area contributed by atoms with E-state index in [1.54, 1.807) is 0 Å². The average Bonchev–Trinajstić information content (AvgIpc) is 2.31. The van der Waals surface area contributed by atoms with Crippen LogP contribution in [0, 0.1) is 5.92 Å². The zero-order valence-electron chi connectivity index (χ0n) is 11.7. The Kier molecular flexibility index (Phi) is 3.91. The molecular formula is C13H25BO2. The van der Waals surface area contributed by atoms with Gasteiger partial charge in [-0.25, -0.2) is 0 Å². The van der Waals surface area contributed by atoms with Crippen LogP contribution in [0.5, 0.6) is 0 Å². The molecular weight excluding hydrogens is 199 g/mol. The van der Waals surface area contributed by atoms with Gasteiger partial charge in [0.05, 0.1) is 11.2 Å². The van der Waals surface area contributed by atoms with E-state index in [1.165, 1.54) is 0 Å². The minimum absolute atomic E-state index is 0.124. The van der Waals surface area contributed by atoms with E-state index >= 15 is 0 Å². The van der Waals surface area contributed by atoms with Crippen molar-refractivity contribution >= 4 is 7.12 Å². The van der Waals surface area contributed by atoms with Gasteiger partial charge in [-0.15, -0.1) is 0 Å². The van der Waals surface area contributed by atoms with Crippen molar-refractivity contribution in [3.05, 3.63) is 12.2 Å². The molecule has 1 rings (SSSR count). The third-order valence-corrected chi connectivity index (χ3v) is 3.77.